The third-order valence-corrected chi connectivity index (χ3v) is 12.2. The van der Waals surface area contributed by atoms with Crippen LogP contribution in [0.3, 0.4) is 0 Å². The first-order valence-corrected chi connectivity index (χ1v) is 19.8. The summed E-state index contributed by atoms with van der Waals surface area (Å²) >= 11 is 1.85. The van der Waals surface area contributed by atoms with Crippen LogP contribution in [0.2, 0.25) is 0 Å². The smallest absolute Gasteiger partial charge is 0.167 e. The van der Waals surface area contributed by atoms with Crippen LogP contribution in [0.4, 0.5) is 0 Å². The molecule has 4 aromatic heterocycles. The van der Waals surface area contributed by atoms with Gasteiger partial charge in [0, 0.05) is 64.1 Å². The number of thiophene rings is 1. The van der Waals surface area contributed by atoms with Crippen LogP contribution in [0.25, 0.3) is 115 Å². The first kappa shape index (κ1) is 31.9. The Morgan fingerprint density at radius 3 is 1.67 bits per heavy atom. The Labute approximate surface area is 330 Å². The van der Waals surface area contributed by atoms with E-state index in [2.05, 4.69) is 120 Å². The summed E-state index contributed by atoms with van der Waals surface area (Å²) in [6, 6.07) is 63.7. The fourth-order valence-corrected chi connectivity index (χ4v) is 9.62. The Morgan fingerprint density at radius 2 is 0.947 bits per heavy atom. The zero-order valence-corrected chi connectivity index (χ0v) is 31.2. The van der Waals surface area contributed by atoms with Crippen LogP contribution in [-0.2, 0) is 0 Å². The highest BCUT2D eigenvalue weighted by atomic mass is 32.1. The zero-order valence-electron chi connectivity index (χ0n) is 30.4. The van der Waals surface area contributed by atoms with Gasteiger partial charge in [-0.1, -0.05) is 140 Å². The first-order valence-electron chi connectivity index (χ1n) is 19.0. The molecule has 57 heavy (non-hydrogen) atoms. The lowest BCUT2D eigenvalue weighted by Gasteiger charge is -2.09. The van der Waals surface area contributed by atoms with Crippen molar-refractivity contribution in [2.45, 2.75) is 0 Å². The Hall–Kier alpha value is -7.41. The standard InChI is InChI=1S/C51H30N4OS/c1-4-15-31(16-5-1)49-52-50(32-17-6-2-7-18-32)54-51(53-49)39-26-13-25-38-37-24-12-23-36(47(37)56-48(38)39)35-22-14-27-42-46(35)41-29-40-34-21-10-11-28-44(34)57-45(40)30-43(41)55(42)33-19-8-3-9-20-33/h1-30H. The average Bonchev–Trinajstić information content (AvgIpc) is 3.95. The maximum atomic E-state index is 7.08. The number of fused-ring (bicyclic) bond motifs is 9. The molecule has 12 rings (SSSR count). The van der Waals surface area contributed by atoms with Crippen molar-refractivity contribution in [2.75, 3.05) is 0 Å². The van der Waals surface area contributed by atoms with Crippen LogP contribution >= 0.6 is 11.3 Å². The molecule has 0 aliphatic carbocycles. The molecule has 12 aromatic rings. The number of aromatic nitrogens is 4. The van der Waals surface area contributed by atoms with Crippen molar-refractivity contribution in [1.82, 2.24) is 19.5 Å². The van der Waals surface area contributed by atoms with Crippen molar-refractivity contribution in [2.24, 2.45) is 0 Å². The molecule has 0 saturated carbocycles. The minimum atomic E-state index is 0.564. The third kappa shape index (κ3) is 4.98. The Balaban J connectivity index is 1.12. The largest absolute Gasteiger partial charge is 0.455 e. The van der Waals surface area contributed by atoms with E-state index in [1.54, 1.807) is 0 Å². The van der Waals surface area contributed by atoms with E-state index in [1.165, 1.54) is 36.5 Å². The van der Waals surface area contributed by atoms with Gasteiger partial charge in [-0.05, 0) is 48.0 Å². The van der Waals surface area contributed by atoms with Gasteiger partial charge in [0.05, 0.1) is 16.6 Å². The molecule has 0 bridgehead atoms. The van der Waals surface area contributed by atoms with Gasteiger partial charge in [0.2, 0.25) is 0 Å². The maximum absolute atomic E-state index is 7.08. The van der Waals surface area contributed by atoms with Crippen LogP contribution in [0.15, 0.2) is 186 Å². The molecule has 266 valence electrons. The molecule has 0 radical (unpaired) electrons. The number of para-hydroxylation sites is 3. The van der Waals surface area contributed by atoms with E-state index in [0.717, 1.165) is 61.0 Å². The second-order valence-corrected chi connectivity index (χ2v) is 15.4. The van der Waals surface area contributed by atoms with E-state index >= 15 is 0 Å². The van der Waals surface area contributed by atoms with Crippen LogP contribution in [-0.4, -0.2) is 19.5 Å². The number of hydrogen-bond acceptors (Lipinski definition) is 5. The summed E-state index contributed by atoms with van der Waals surface area (Å²) in [6.45, 7) is 0. The lowest BCUT2D eigenvalue weighted by atomic mass is 9.97. The second kappa shape index (κ2) is 12.6. The lowest BCUT2D eigenvalue weighted by molar-refractivity contribution is 0.670. The van der Waals surface area contributed by atoms with Crippen LogP contribution < -0.4 is 0 Å². The fraction of sp³-hybridized carbons (Fsp3) is 0. The molecule has 5 nitrogen and oxygen atoms in total. The maximum Gasteiger partial charge on any atom is 0.167 e. The van der Waals surface area contributed by atoms with Gasteiger partial charge in [0.1, 0.15) is 11.2 Å². The molecule has 0 unspecified atom stereocenters. The monoisotopic (exact) mass is 746 g/mol. The Morgan fingerprint density at radius 1 is 0.386 bits per heavy atom. The van der Waals surface area contributed by atoms with E-state index in [4.69, 9.17) is 19.4 Å². The molecule has 8 aromatic carbocycles. The highest BCUT2D eigenvalue weighted by Gasteiger charge is 2.23. The summed E-state index contributed by atoms with van der Waals surface area (Å²) in [5.41, 5.74) is 9.85. The van der Waals surface area contributed by atoms with Crippen LogP contribution in [0.1, 0.15) is 0 Å². The van der Waals surface area contributed by atoms with Crippen LogP contribution in [0, 0.1) is 0 Å². The summed E-state index contributed by atoms with van der Waals surface area (Å²) in [7, 11) is 0. The fourth-order valence-electron chi connectivity index (χ4n) is 8.50. The van der Waals surface area contributed by atoms with Crippen molar-refractivity contribution in [3.05, 3.63) is 182 Å². The van der Waals surface area contributed by atoms with Gasteiger partial charge in [-0.2, -0.15) is 0 Å². The molecule has 6 heteroatoms. The molecule has 0 amide bonds. The molecule has 0 N–H and O–H groups in total. The summed E-state index contributed by atoms with van der Waals surface area (Å²) < 4.78 is 12.1. The van der Waals surface area contributed by atoms with Gasteiger partial charge in [0.25, 0.3) is 0 Å². The summed E-state index contributed by atoms with van der Waals surface area (Å²) in [5, 5.41) is 7.02. The number of furan rings is 1. The average molecular weight is 747 g/mol. The predicted molar refractivity (Wildman–Crippen MR) is 236 cm³/mol. The predicted octanol–water partition coefficient (Wildman–Crippen LogP) is 13.9. The number of hydrogen-bond donors (Lipinski definition) is 0. The quantitative estimate of drug-likeness (QED) is 0.176. The Kier molecular flexibility index (Phi) is 7.03. The summed E-state index contributed by atoms with van der Waals surface area (Å²) in [5.74, 6) is 1.79. The van der Waals surface area contributed by atoms with Crippen molar-refractivity contribution in [1.29, 1.82) is 0 Å². The second-order valence-electron chi connectivity index (χ2n) is 14.3. The first-order chi connectivity index (χ1) is 28.3. The molecular formula is C51H30N4OS. The van der Waals surface area contributed by atoms with Gasteiger partial charge in [-0.3, -0.25) is 0 Å². The molecule has 0 saturated heterocycles. The number of nitrogens with zero attached hydrogens (tertiary/aromatic N) is 4. The molecule has 0 spiro atoms. The van der Waals surface area contributed by atoms with E-state index in [-0.39, 0.29) is 0 Å². The molecule has 4 heterocycles. The highest BCUT2D eigenvalue weighted by molar-refractivity contribution is 7.25. The minimum absolute atomic E-state index is 0.564. The van der Waals surface area contributed by atoms with Crippen molar-refractivity contribution >= 4 is 75.3 Å². The Bertz CT molecular complexity index is 3460. The summed E-state index contributed by atoms with van der Waals surface area (Å²) in [4.78, 5) is 15.1. The van der Waals surface area contributed by atoms with Gasteiger partial charge >= 0.3 is 0 Å². The van der Waals surface area contributed by atoms with Gasteiger partial charge in [0.15, 0.2) is 17.5 Å². The van der Waals surface area contributed by atoms with E-state index in [0.29, 0.717) is 17.5 Å². The van der Waals surface area contributed by atoms with Crippen molar-refractivity contribution in [3.8, 4) is 51.0 Å². The van der Waals surface area contributed by atoms with E-state index in [9.17, 15) is 0 Å². The highest BCUT2D eigenvalue weighted by Crippen LogP contribution is 2.46. The zero-order chi connectivity index (χ0) is 37.5. The SMILES string of the molecule is c1ccc(-c2nc(-c3ccccc3)nc(-c3cccc4c3oc3c(-c5cccc6c5c5cc7c(cc5n6-c5ccccc5)sc5ccccc57)cccc34)n2)cc1. The summed E-state index contributed by atoms with van der Waals surface area (Å²) in [6.07, 6.45) is 0. The molecule has 0 aliphatic heterocycles. The number of benzene rings is 8. The molecule has 0 atom stereocenters. The number of rotatable bonds is 5. The van der Waals surface area contributed by atoms with Gasteiger partial charge in [-0.25, -0.2) is 15.0 Å². The molecule has 0 aliphatic rings. The van der Waals surface area contributed by atoms with Gasteiger partial charge < -0.3 is 8.98 Å². The topological polar surface area (TPSA) is 56.7 Å². The van der Waals surface area contributed by atoms with E-state index < -0.39 is 0 Å². The van der Waals surface area contributed by atoms with Crippen LogP contribution in [0.5, 0.6) is 0 Å². The normalized spacial score (nSPS) is 11.9. The van der Waals surface area contributed by atoms with E-state index in [1.807, 2.05) is 78.1 Å². The minimum Gasteiger partial charge on any atom is -0.455 e. The molecular weight excluding hydrogens is 717 g/mol. The van der Waals surface area contributed by atoms with Crippen molar-refractivity contribution < 1.29 is 4.42 Å². The third-order valence-electron chi connectivity index (χ3n) is 11.1. The molecule has 0 fully saturated rings. The van der Waals surface area contributed by atoms with Crippen molar-refractivity contribution in [3.63, 3.8) is 0 Å². The lowest BCUT2D eigenvalue weighted by Crippen LogP contribution is -2.00. The van der Waals surface area contributed by atoms with Gasteiger partial charge in [-0.15, -0.1) is 11.3 Å².